The molecule has 0 radical (unpaired) electrons. The number of carbonyl (C=O) groups excluding carboxylic acids is 3. The summed E-state index contributed by atoms with van der Waals surface area (Å²) < 4.78 is 0. The number of imide groups is 1. The summed E-state index contributed by atoms with van der Waals surface area (Å²) >= 11 is 0. The lowest BCUT2D eigenvalue weighted by Crippen LogP contribution is -2.28. The van der Waals surface area contributed by atoms with E-state index in [1.807, 2.05) is 6.07 Å². The highest BCUT2D eigenvalue weighted by molar-refractivity contribution is 6.20. The average molecular weight is 319 g/mol. The van der Waals surface area contributed by atoms with Crippen LogP contribution < -0.4 is 10.2 Å². The van der Waals surface area contributed by atoms with E-state index in [2.05, 4.69) is 5.32 Å². The van der Waals surface area contributed by atoms with Crippen LogP contribution in [0.2, 0.25) is 0 Å². The van der Waals surface area contributed by atoms with Crippen molar-refractivity contribution in [2.75, 3.05) is 10.2 Å². The fourth-order valence-electron chi connectivity index (χ4n) is 2.52. The third kappa shape index (κ3) is 3.01. The summed E-state index contributed by atoms with van der Waals surface area (Å²) in [6, 6.07) is 14.9. The molecule has 1 aliphatic heterocycles. The van der Waals surface area contributed by atoms with Gasteiger partial charge in [0.1, 0.15) is 0 Å². The highest BCUT2D eigenvalue weighted by atomic mass is 16.2. The van der Waals surface area contributed by atoms with Crippen molar-refractivity contribution in [3.05, 3.63) is 59.7 Å². The minimum atomic E-state index is -0.383. The standard InChI is InChI=1S/C18H13N3O3/c19-11-12-3-1-5-14(9-12)20-18(24)13-4-2-6-15(10-13)21-16(22)7-8-17(21)23/h1-6,9-10H,7-8H2,(H,20,24). The summed E-state index contributed by atoms with van der Waals surface area (Å²) in [5, 5.41) is 11.6. The lowest BCUT2D eigenvalue weighted by Gasteiger charge is -2.14. The first-order valence-electron chi connectivity index (χ1n) is 7.36. The molecule has 118 valence electrons. The first kappa shape index (κ1) is 15.4. The van der Waals surface area contributed by atoms with Gasteiger partial charge in [-0.05, 0) is 36.4 Å². The predicted octanol–water partition coefficient (Wildman–Crippen LogP) is 2.46. The molecule has 0 spiro atoms. The number of benzene rings is 2. The Morgan fingerprint density at radius 2 is 1.75 bits per heavy atom. The molecule has 6 heteroatoms. The van der Waals surface area contributed by atoms with E-state index in [1.54, 1.807) is 42.5 Å². The number of rotatable bonds is 3. The van der Waals surface area contributed by atoms with Crippen molar-refractivity contribution in [1.29, 1.82) is 5.26 Å². The molecule has 1 heterocycles. The first-order valence-corrected chi connectivity index (χ1v) is 7.36. The van der Waals surface area contributed by atoms with Gasteiger partial charge in [-0.15, -0.1) is 0 Å². The van der Waals surface area contributed by atoms with Gasteiger partial charge in [-0.1, -0.05) is 12.1 Å². The Bertz CT molecular complexity index is 867. The normalized spacial score (nSPS) is 13.7. The lowest BCUT2D eigenvalue weighted by atomic mass is 10.1. The van der Waals surface area contributed by atoms with Gasteiger partial charge in [0, 0.05) is 24.1 Å². The first-order chi connectivity index (χ1) is 11.6. The zero-order valence-electron chi connectivity index (χ0n) is 12.7. The summed E-state index contributed by atoms with van der Waals surface area (Å²) in [5.41, 5.74) is 1.65. The minimum absolute atomic E-state index is 0.191. The summed E-state index contributed by atoms with van der Waals surface area (Å²) in [6.07, 6.45) is 0.381. The van der Waals surface area contributed by atoms with Gasteiger partial charge < -0.3 is 5.32 Å². The Morgan fingerprint density at radius 3 is 2.46 bits per heavy atom. The second kappa shape index (κ2) is 6.34. The maximum absolute atomic E-state index is 12.4. The third-order valence-electron chi connectivity index (χ3n) is 3.67. The van der Waals surface area contributed by atoms with Gasteiger partial charge in [0.05, 0.1) is 17.3 Å². The zero-order valence-corrected chi connectivity index (χ0v) is 12.7. The van der Waals surface area contributed by atoms with Crippen LogP contribution in [-0.4, -0.2) is 17.7 Å². The summed E-state index contributed by atoms with van der Waals surface area (Å²) in [7, 11) is 0. The molecule has 0 unspecified atom stereocenters. The van der Waals surface area contributed by atoms with Gasteiger partial charge in [0.2, 0.25) is 11.8 Å². The van der Waals surface area contributed by atoms with Crippen molar-refractivity contribution in [3.63, 3.8) is 0 Å². The number of nitrogens with one attached hydrogen (secondary N) is 1. The van der Waals surface area contributed by atoms with E-state index in [9.17, 15) is 14.4 Å². The number of amides is 3. The Hall–Kier alpha value is -3.46. The quantitative estimate of drug-likeness (QED) is 0.880. The molecule has 1 aliphatic rings. The van der Waals surface area contributed by atoms with E-state index >= 15 is 0 Å². The van der Waals surface area contributed by atoms with Crippen LogP contribution in [0.5, 0.6) is 0 Å². The minimum Gasteiger partial charge on any atom is -0.322 e. The lowest BCUT2D eigenvalue weighted by molar-refractivity contribution is -0.121. The van der Waals surface area contributed by atoms with Crippen LogP contribution in [0.1, 0.15) is 28.8 Å². The highest BCUT2D eigenvalue weighted by Gasteiger charge is 2.30. The second-order valence-electron chi connectivity index (χ2n) is 5.32. The Morgan fingerprint density at radius 1 is 1.04 bits per heavy atom. The molecule has 2 aromatic carbocycles. The van der Waals surface area contributed by atoms with Crippen LogP contribution in [0.25, 0.3) is 0 Å². The molecule has 0 bridgehead atoms. The van der Waals surface area contributed by atoms with E-state index in [4.69, 9.17) is 5.26 Å². The maximum atomic E-state index is 12.4. The summed E-state index contributed by atoms with van der Waals surface area (Å²) in [4.78, 5) is 37.1. The van der Waals surface area contributed by atoms with Crippen molar-refractivity contribution in [2.45, 2.75) is 12.8 Å². The van der Waals surface area contributed by atoms with Crippen molar-refractivity contribution in [1.82, 2.24) is 0 Å². The molecule has 0 aliphatic carbocycles. The molecule has 2 aromatic rings. The molecule has 1 fully saturated rings. The fourth-order valence-corrected chi connectivity index (χ4v) is 2.52. The van der Waals surface area contributed by atoms with Crippen LogP contribution >= 0.6 is 0 Å². The molecular weight excluding hydrogens is 306 g/mol. The number of hydrogen-bond acceptors (Lipinski definition) is 4. The smallest absolute Gasteiger partial charge is 0.255 e. The van der Waals surface area contributed by atoms with Crippen molar-refractivity contribution < 1.29 is 14.4 Å². The largest absolute Gasteiger partial charge is 0.322 e. The number of nitriles is 1. The molecule has 0 aromatic heterocycles. The van der Waals surface area contributed by atoms with E-state index < -0.39 is 0 Å². The van der Waals surface area contributed by atoms with Gasteiger partial charge in [-0.2, -0.15) is 5.26 Å². The van der Waals surface area contributed by atoms with Gasteiger partial charge in [0.15, 0.2) is 0 Å². The average Bonchev–Trinajstić information content (AvgIpc) is 2.93. The Kier molecular flexibility index (Phi) is 4.08. The maximum Gasteiger partial charge on any atom is 0.255 e. The molecule has 3 rings (SSSR count). The monoisotopic (exact) mass is 319 g/mol. The van der Waals surface area contributed by atoms with Crippen LogP contribution in [0.4, 0.5) is 11.4 Å². The highest BCUT2D eigenvalue weighted by Crippen LogP contribution is 2.23. The second-order valence-corrected chi connectivity index (χ2v) is 5.32. The van der Waals surface area contributed by atoms with Gasteiger partial charge in [0.25, 0.3) is 5.91 Å². The fraction of sp³-hybridized carbons (Fsp3) is 0.111. The SMILES string of the molecule is N#Cc1cccc(NC(=O)c2cccc(N3C(=O)CCC3=O)c2)c1. The number of hydrogen-bond donors (Lipinski definition) is 1. The van der Waals surface area contributed by atoms with E-state index in [0.29, 0.717) is 22.5 Å². The van der Waals surface area contributed by atoms with Gasteiger partial charge in [-0.3, -0.25) is 19.3 Å². The molecule has 0 atom stereocenters. The molecule has 24 heavy (non-hydrogen) atoms. The molecule has 6 nitrogen and oxygen atoms in total. The summed E-state index contributed by atoms with van der Waals surface area (Å²) in [6.45, 7) is 0. The molecule has 1 N–H and O–H groups in total. The topological polar surface area (TPSA) is 90.3 Å². The van der Waals surface area contributed by atoms with Crippen LogP contribution in [0.3, 0.4) is 0 Å². The van der Waals surface area contributed by atoms with E-state index in [1.165, 1.54) is 6.07 Å². The van der Waals surface area contributed by atoms with Crippen LogP contribution in [0, 0.1) is 11.3 Å². The summed E-state index contributed by atoms with van der Waals surface area (Å²) in [5.74, 6) is -0.912. The predicted molar refractivity (Wildman–Crippen MR) is 87.3 cm³/mol. The van der Waals surface area contributed by atoms with Gasteiger partial charge in [-0.25, -0.2) is 0 Å². The van der Waals surface area contributed by atoms with Crippen LogP contribution in [-0.2, 0) is 9.59 Å². The third-order valence-corrected chi connectivity index (χ3v) is 3.67. The van der Waals surface area contributed by atoms with Crippen molar-refractivity contribution in [3.8, 4) is 6.07 Å². The van der Waals surface area contributed by atoms with E-state index in [0.717, 1.165) is 4.90 Å². The number of anilines is 2. The molecule has 1 saturated heterocycles. The Balaban J connectivity index is 1.83. The molecule has 3 amide bonds. The van der Waals surface area contributed by atoms with Crippen molar-refractivity contribution in [2.24, 2.45) is 0 Å². The van der Waals surface area contributed by atoms with Crippen molar-refractivity contribution >= 4 is 29.1 Å². The zero-order chi connectivity index (χ0) is 17.1. The number of nitrogens with zero attached hydrogens (tertiary/aromatic N) is 2. The molecular formula is C18H13N3O3. The van der Waals surface area contributed by atoms with E-state index in [-0.39, 0.29) is 30.6 Å². The Labute approximate surface area is 138 Å². The van der Waals surface area contributed by atoms with Crippen LogP contribution in [0.15, 0.2) is 48.5 Å². The number of carbonyl (C=O) groups is 3. The molecule has 0 saturated carbocycles. The van der Waals surface area contributed by atoms with Gasteiger partial charge >= 0.3 is 0 Å².